The van der Waals surface area contributed by atoms with E-state index in [9.17, 15) is 0 Å². The molecule has 0 spiro atoms. The molecule has 0 aliphatic heterocycles. The Morgan fingerprint density at radius 1 is 0.319 bits per heavy atom. The Labute approximate surface area is 408 Å². The van der Waals surface area contributed by atoms with Crippen LogP contribution in [0.1, 0.15) is 24.3 Å². The van der Waals surface area contributed by atoms with Gasteiger partial charge in [-0.25, -0.2) is 0 Å². The van der Waals surface area contributed by atoms with E-state index in [1.54, 1.807) is 0 Å². The van der Waals surface area contributed by atoms with Crippen LogP contribution in [0.15, 0.2) is 212 Å². The van der Waals surface area contributed by atoms with E-state index in [0.717, 1.165) is 6.42 Å². The first-order valence-electron chi connectivity index (χ1n) is 24.1. The van der Waals surface area contributed by atoms with E-state index in [1.165, 1.54) is 150 Å². The molecule has 2 heterocycles. The maximum absolute atomic E-state index is 2.43. The molecule has 0 aliphatic rings. The Kier molecular flexibility index (Phi) is 9.24. The standard InChI is InChI=1S/C67H44S2/c1-3-14-57-58-25-12-23-46(66(58)68-64(57)4-2)44-16-11-15-40(35-44)41-28-32-56-60(36-41)53-22-10-8-20-51(53)54-31-27-42(37-61(54)56)43-30-34-65-63(38-43)59-26-13-24-47(67(59)69-65)45-29-33-55-50-19-6-5-17-48(50)49-18-7-9-21-52(49)62(55)39-45/h3,5-39H,4H2,1-2H3/b14-3-. The number of rotatable bonds is 6. The van der Waals surface area contributed by atoms with Crippen molar-refractivity contribution in [2.75, 3.05) is 0 Å². The van der Waals surface area contributed by atoms with Crippen molar-refractivity contribution in [3.05, 3.63) is 223 Å². The fourth-order valence-corrected chi connectivity index (χ4v) is 14.0. The minimum atomic E-state index is 1.03. The van der Waals surface area contributed by atoms with Gasteiger partial charge in [0.2, 0.25) is 0 Å². The average molecular weight is 913 g/mol. The van der Waals surface area contributed by atoms with Crippen LogP contribution in [-0.2, 0) is 6.42 Å². The van der Waals surface area contributed by atoms with Gasteiger partial charge in [0, 0.05) is 35.1 Å². The molecule has 14 rings (SSSR count). The summed E-state index contributed by atoms with van der Waals surface area (Å²) in [6, 6.07) is 77.8. The maximum atomic E-state index is 2.43. The van der Waals surface area contributed by atoms with Gasteiger partial charge in [0.15, 0.2) is 0 Å². The summed E-state index contributed by atoms with van der Waals surface area (Å²) >= 11 is 3.85. The van der Waals surface area contributed by atoms with Crippen molar-refractivity contribution >= 4 is 124 Å². The van der Waals surface area contributed by atoms with Crippen LogP contribution in [-0.4, -0.2) is 0 Å². The predicted octanol–water partition coefficient (Wildman–Crippen LogP) is 20.5. The van der Waals surface area contributed by atoms with E-state index < -0.39 is 0 Å². The second kappa shape index (κ2) is 15.9. The number of aryl methyl sites for hydroxylation is 1. The number of hydrogen-bond acceptors (Lipinski definition) is 2. The Bertz CT molecular complexity index is 4440. The number of allylic oxidation sites excluding steroid dienone is 1. The molecule has 0 N–H and O–H groups in total. The molecule has 0 saturated carbocycles. The summed E-state index contributed by atoms with van der Waals surface area (Å²) in [5, 5.41) is 19.5. The number of benzene rings is 12. The molecule has 12 aromatic carbocycles. The summed E-state index contributed by atoms with van der Waals surface area (Å²) < 4.78 is 4.01. The van der Waals surface area contributed by atoms with Crippen LogP contribution < -0.4 is 0 Å². The molecule has 0 aliphatic carbocycles. The molecule has 2 aromatic heterocycles. The molecule has 0 nitrogen and oxygen atoms in total. The molecule has 0 radical (unpaired) electrons. The van der Waals surface area contributed by atoms with Crippen molar-refractivity contribution in [1.29, 1.82) is 0 Å². The van der Waals surface area contributed by atoms with E-state index in [0.29, 0.717) is 0 Å². The van der Waals surface area contributed by atoms with Crippen molar-refractivity contribution in [1.82, 2.24) is 0 Å². The fourth-order valence-electron chi connectivity index (χ4n) is 11.5. The highest BCUT2D eigenvalue weighted by molar-refractivity contribution is 7.26. The van der Waals surface area contributed by atoms with Crippen LogP contribution in [0.5, 0.6) is 0 Å². The summed E-state index contributed by atoms with van der Waals surface area (Å²) in [7, 11) is 0. The van der Waals surface area contributed by atoms with Gasteiger partial charge in [-0.2, -0.15) is 0 Å². The first-order chi connectivity index (χ1) is 34.1. The second-order valence-electron chi connectivity index (χ2n) is 18.5. The Morgan fingerprint density at radius 2 is 0.710 bits per heavy atom. The predicted molar refractivity (Wildman–Crippen MR) is 306 cm³/mol. The van der Waals surface area contributed by atoms with E-state index in [4.69, 9.17) is 0 Å². The third kappa shape index (κ3) is 6.26. The molecule has 0 unspecified atom stereocenters. The van der Waals surface area contributed by atoms with Crippen LogP contribution >= 0.6 is 22.7 Å². The smallest absolute Gasteiger partial charge is 0.0433 e. The van der Waals surface area contributed by atoms with E-state index in [2.05, 4.69) is 232 Å². The third-order valence-electron chi connectivity index (χ3n) is 14.7. The lowest BCUT2D eigenvalue weighted by Crippen LogP contribution is -1.87. The van der Waals surface area contributed by atoms with E-state index in [1.807, 2.05) is 22.7 Å². The van der Waals surface area contributed by atoms with Crippen LogP contribution in [0.4, 0.5) is 0 Å². The molecule has 0 saturated heterocycles. The first-order valence-corrected chi connectivity index (χ1v) is 25.7. The van der Waals surface area contributed by atoms with E-state index in [-0.39, 0.29) is 0 Å². The minimum Gasteiger partial charge on any atom is -0.139 e. The quantitative estimate of drug-likeness (QED) is 0.146. The highest BCUT2D eigenvalue weighted by Crippen LogP contribution is 2.46. The Balaban J connectivity index is 0.874. The van der Waals surface area contributed by atoms with Crippen LogP contribution in [0, 0.1) is 0 Å². The van der Waals surface area contributed by atoms with Crippen LogP contribution in [0.2, 0.25) is 0 Å². The van der Waals surface area contributed by atoms with Gasteiger partial charge in [-0.15, -0.1) is 22.7 Å². The lowest BCUT2D eigenvalue weighted by Gasteiger charge is -2.14. The zero-order valence-corrected chi connectivity index (χ0v) is 39.9. The van der Waals surface area contributed by atoms with Gasteiger partial charge >= 0.3 is 0 Å². The lowest BCUT2D eigenvalue weighted by atomic mass is 9.90. The molecule has 0 fully saturated rings. The van der Waals surface area contributed by atoms with Gasteiger partial charge in [0.05, 0.1) is 0 Å². The topological polar surface area (TPSA) is 0 Å². The molecule has 0 amide bonds. The molecule has 14 aromatic rings. The average Bonchev–Trinajstić information content (AvgIpc) is 3.98. The molecule has 0 atom stereocenters. The summed E-state index contributed by atoms with van der Waals surface area (Å²) in [4.78, 5) is 1.44. The van der Waals surface area contributed by atoms with Crippen molar-refractivity contribution in [2.45, 2.75) is 20.3 Å². The highest BCUT2D eigenvalue weighted by atomic mass is 32.1. The largest absolute Gasteiger partial charge is 0.139 e. The highest BCUT2D eigenvalue weighted by Gasteiger charge is 2.18. The van der Waals surface area contributed by atoms with E-state index >= 15 is 0 Å². The van der Waals surface area contributed by atoms with Gasteiger partial charge in [-0.05, 0) is 164 Å². The van der Waals surface area contributed by atoms with Crippen LogP contribution in [0.3, 0.4) is 0 Å². The van der Waals surface area contributed by atoms with Crippen molar-refractivity contribution in [3.63, 3.8) is 0 Å². The van der Waals surface area contributed by atoms with Crippen molar-refractivity contribution < 1.29 is 0 Å². The SMILES string of the molecule is C/C=C\c1c(CC)sc2c(-c3cccc(-c4ccc5c(c4)c4ccccc4c4ccc(-c6ccc7sc8c(-c9ccc%10c%11ccccc%11c%11ccccc%11c%10c9)cccc8c7c6)cc45)c3)cccc12. The van der Waals surface area contributed by atoms with Gasteiger partial charge < -0.3 is 0 Å². The summed E-state index contributed by atoms with van der Waals surface area (Å²) in [6.45, 7) is 4.38. The summed E-state index contributed by atoms with van der Waals surface area (Å²) in [5.41, 5.74) is 11.4. The number of thiophene rings is 2. The van der Waals surface area contributed by atoms with Crippen molar-refractivity contribution in [2.24, 2.45) is 0 Å². The molecule has 69 heavy (non-hydrogen) atoms. The molecule has 324 valence electrons. The lowest BCUT2D eigenvalue weighted by molar-refractivity contribution is 1.18. The van der Waals surface area contributed by atoms with Gasteiger partial charge in [-0.3, -0.25) is 0 Å². The monoisotopic (exact) mass is 912 g/mol. The first kappa shape index (κ1) is 40.2. The third-order valence-corrected chi connectivity index (χ3v) is 17.3. The Hall–Kier alpha value is -7.88. The van der Waals surface area contributed by atoms with Crippen LogP contribution in [0.25, 0.3) is 145 Å². The normalized spacial score (nSPS) is 12.2. The molecule has 2 heteroatoms. The fraction of sp³-hybridized carbons (Fsp3) is 0.0448. The Morgan fingerprint density at radius 3 is 1.28 bits per heavy atom. The molecule has 0 bridgehead atoms. The van der Waals surface area contributed by atoms with Gasteiger partial charge in [0.1, 0.15) is 0 Å². The van der Waals surface area contributed by atoms with Crippen molar-refractivity contribution in [3.8, 4) is 44.5 Å². The second-order valence-corrected chi connectivity index (χ2v) is 20.6. The molecular formula is C67H44S2. The zero-order chi connectivity index (χ0) is 45.7. The van der Waals surface area contributed by atoms with Gasteiger partial charge in [-0.1, -0.05) is 189 Å². The number of fused-ring (bicyclic) bond motifs is 16. The number of hydrogen-bond donors (Lipinski definition) is 0. The minimum absolute atomic E-state index is 1.03. The maximum Gasteiger partial charge on any atom is 0.0433 e. The molecular weight excluding hydrogens is 869 g/mol. The summed E-state index contributed by atoms with van der Waals surface area (Å²) in [5.74, 6) is 0. The van der Waals surface area contributed by atoms with Gasteiger partial charge in [0.25, 0.3) is 0 Å². The summed E-state index contributed by atoms with van der Waals surface area (Å²) in [6.07, 6.45) is 5.47. The zero-order valence-electron chi connectivity index (χ0n) is 38.3.